The summed E-state index contributed by atoms with van der Waals surface area (Å²) in [6, 6.07) is 7.82. The summed E-state index contributed by atoms with van der Waals surface area (Å²) in [4.78, 5) is 0. The molecule has 3 nitrogen and oxygen atoms in total. The predicted octanol–water partition coefficient (Wildman–Crippen LogP) is 1.22. The summed E-state index contributed by atoms with van der Waals surface area (Å²) in [7, 11) is -2.94. The maximum absolute atomic E-state index is 11.1. The van der Waals surface area contributed by atoms with Crippen molar-refractivity contribution in [3.8, 4) is 0 Å². The van der Waals surface area contributed by atoms with Gasteiger partial charge in [-0.3, -0.25) is 0 Å². The van der Waals surface area contributed by atoms with Gasteiger partial charge >= 0.3 is 0 Å². The summed E-state index contributed by atoms with van der Waals surface area (Å²) in [6.45, 7) is 0.679. The molecule has 0 spiro atoms. The fourth-order valence-electron chi connectivity index (χ4n) is 2.02. The lowest BCUT2D eigenvalue weighted by molar-refractivity contribution is 0.601. The highest BCUT2D eigenvalue weighted by Crippen LogP contribution is 2.47. The van der Waals surface area contributed by atoms with E-state index < -0.39 is 9.84 Å². The molecule has 1 aliphatic rings. The van der Waals surface area contributed by atoms with Crippen LogP contribution in [0, 0.1) is 0 Å². The molecule has 0 aliphatic heterocycles. The van der Waals surface area contributed by atoms with Gasteiger partial charge in [0.15, 0.2) is 9.84 Å². The van der Waals surface area contributed by atoms with E-state index >= 15 is 0 Å². The molecule has 2 N–H and O–H groups in total. The Kier molecular flexibility index (Phi) is 2.80. The average molecular weight is 239 g/mol. The normalized spacial score (nSPS) is 18.4. The SMILES string of the molecule is CS(=O)(=O)Cc1ccc(C2(CN)CC2)cc1. The highest BCUT2D eigenvalue weighted by atomic mass is 32.2. The van der Waals surface area contributed by atoms with Crippen molar-refractivity contribution in [3.05, 3.63) is 35.4 Å². The first kappa shape index (κ1) is 11.6. The molecule has 1 fully saturated rings. The predicted molar refractivity (Wildman–Crippen MR) is 65.0 cm³/mol. The van der Waals surface area contributed by atoms with Crippen molar-refractivity contribution in [3.63, 3.8) is 0 Å². The molecule has 0 bridgehead atoms. The molecule has 0 heterocycles. The van der Waals surface area contributed by atoms with Crippen LogP contribution in [0.4, 0.5) is 0 Å². The first-order valence-corrected chi connectivity index (χ1v) is 7.48. The summed E-state index contributed by atoms with van der Waals surface area (Å²) in [5.74, 6) is 0.114. The molecule has 16 heavy (non-hydrogen) atoms. The third-order valence-corrected chi connectivity index (χ3v) is 4.10. The average Bonchev–Trinajstić information content (AvgIpc) is 2.97. The van der Waals surface area contributed by atoms with Crippen LogP contribution in [0.3, 0.4) is 0 Å². The standard InChI is InChI=1S/C12H17NO2S/c1-16(14,15)8-10-2-4-11(5-3-10)12(9-13)6-7-12/h2-5H,6-9,13H2,1H3. The monoisotopic (exact) mass is 239 g/mol. The van der Waals surface area contributed by atoms with Gasteiger partial charge in [-0.1, -0.05) is 24.3 Å². The zero-order valence-electron chi connectivity index (χ0n) is 9.44. The van der Waals surface area contributed by atoms with Crippen molar-refractivity contribution in [2.24, 2.45) is 5.73 Å². The molecule has 0 unspecified atom stereocenters. The van der Waals surface area contributed by atoms with Gasteiger partial charge in [0.05, 0.1) is 5.75 Å². The highest BCUT2D eigenvalue weighted by Gasteiger charge is 2.42. The van der Waals surface area contributed by atoms with Crippen LogP contribution in [0.1, 0.15) is 24.0 Å². The largest absolute Gasteiger partial charge is 0.330 e. The van der Waals surface area contributed by atoms with Crippen LogP contribution in [0.15, 0.2) is 24.3 Å². The smallest absolute Gasteiger partial charge is 0.151 e. The number of hydrogen-bond acceptors (Lipinski definition) is 3. The summed E-state index contributed by atoms with van der Waals surface area (Å²) in [6.07, 6.45) is 3.55. The van der Waals surface area contributed by atoms with E-state index in [9.17, 15) is 8.42 Å². The van der Waals surface area contributed by atoms with Gasteiger partial charge in [-0.25, -0.2) is 8.42 Å². The van der Waals surface area contributed by atoms with Crippen LogP contribution >= 0.6 is 0 Å². The van der Waals surface area contributed by atoms with E-state index in [1.165, 1.54) is 11.8 Å². The molecule has 1 aliphatic carbocycles. The second-order valence-electron chi connectivity index (χ2n) is 4.75. The quantitative estimate of drug-likeness (QED) is 0.859. The third kappa shape index (κ3) is 2.44. The minimum absolute atomic E-state index is 0.114. The summed E-state index contributed by atoms with van der Waals surface area (Å²) >= 11 is 0. The zero-order chi connectivity index (χ0) is 11.8. The van der Waals surface area contributed by atoms with Gasteiger partial charge in [-0.05, 0) is 24.0 Å². The molecule has 0 saturated heterocycles. The van der Waals surface area contributed by atoms with Gasteiger partial charge in [-0.15, -0.1) is 0 Å². The zero-order valence-corrected chi connectivity index (χ0v) is 10.3. The molecule has 0 atom stereocenters. The van der Waals surface area contributed by atoms with Crippen LogP contribution in [-0.2, 0) is 21.0 Å². The third-order valence-electron chi connectivity index (χ3n) is 3.24. The highest BCUT2D eigenvalue weighted by molar-refractivity contribution is 7.89. The van der Waals surface area contributed by atoms with Crippen LogP contribution < -0.4 is 5.73 Å². The summed E-state index contributed by atoms with van der Waals surface area (Å²) < 4.78 is 22.3. The molecule has 0 radical (unpaired) electrons. The van der Waals surface area contributed by atoms with E-state index in [-0.39, 0.29) is 11.2 Å². The summed E-state index contributed by atoms with van der Waals surface area (Å²) in [5.41, 5.74) is 8.02. The molecule has 1 aromatic rings. The van der Waals surface area contributed by atoms with E-state index in [1.807, 2.05) is 24.3 Å². The molecular formula is C12H17NO2S. The lowest BCUT2D eigenvalue weighted by Gasteiger charge is -2.12. The van der Waals surface area contributed by atoms with Gasteiger partial charge in [-0.2, -0.15) is 0 Å². The Labute approximate surface area is 96.6 Å². The van der Waals surface area contributed by atoms with Gasteiger partial charge in [0, 0.05) is 18.2 Å². The number of benzene rings is 1. The Bertz CT molecular complexity index is 472. The second-order valence-corrected chi connectivity index (χ2v) is 6.89. The van der Waals surface area contributed by atoms with Crippen LogP contribution in [0.25, 0.3) is 0 Å². The number of hydrogen-bond donors (Lipinski definition) is 1. The molecule has 0 amide bonds. The molecule has 88 valence electrons. The van der Waals surface area contributed by atoms with Crippen LogP contribution in [-0.4, -0.2) is 21.2 Å². The Morgan fingerprint density at radius 1 is 1.25 bits per heavy atom. The molecular weight excluding hydrogens is 222 g/mol. The fraction of sp³-hybridized carbons (Fsp3) is 0.500. The van der Waals surface area contributed by atoms with Gasteiger partial charge in [0.25, 0.3) is 0 Å². The second kappa shape index (κ2) is 3.86. The molecule has 2 rings (SSSR count). The van der Waals surface area contributed by atoms with Crippen molar-refractivity contribution in [2.45, 2.75) is 24.0 Å². The topological polar surface area (TPSA) is 60.2 Å². The van der Waals surface area contributed by atoms with Crippen LogP contribution in [0.5, 0.6) is 0 Å². The minimum atomic E-state index is -2.94. The minimum Gasteiger partial charge on any atom is -0.330 e. The van der Waals surface area contributed by atoms with Crippen molar-refractivity contribution in [1.29, 1.82) is 0 Å². The van der Waals surface area contributed by atoms with E-state index in [1.54, 1.807) is 0 Å². The van der Waals surface area contributed by atoms with Crippen molar-refractivity contribution in [1.82, 2.24) is 0 Å². The number of sulfone groups is 1. The number of rotatable bonds is 4. The first-order valence-electron chi connectivity index (χ1n) is 5.42. The van der Waals surface area contributed by atoms with E-state index in [2.05, 4.69) is 0 Å². The Morgan fingerprint density at radius 2 is 1.81 bits per heavy atom. The molecule has 0 aromatic heterocycles. The Balaban J connectivity index is 2.17. The van der Waals surface area contributed by atoms with Crippen LogP contribution in [0.2, 0.25) is 0 Å². The van der Waals surface area contributed by atoms with Crippen molar-refractivity contribution >= 4 is 9.84 Å². The first-order chi connectivity index (χ1) is 7.45. The van der Waals surface area contributed by atoms with E-state index in [0.29, 0.717) is 6.54 Å². The number of nitrogens with two attached hydrogens (primary N) is 1. The molecule has 1 saturated carbocycles. The Hall–Kier alpha value is -0.870. The summed E-state index contributed by atoms with van der Waals surface area (Å²) in [5, 5.41) is 0. The van der Waals surface area contributed by atoms with Crippen molar-refractivity contribution < 1.29 is 8.42 Å². The fourth-order valence-corrected chi connectivity index (χ4v) is 2.82. The molecule has 4 heteroatoms. The molecule has 1 aromatic carbocycles. The van der Waals surface area contributed by atoms with E-state index in [4.69, 9.17) is 5.73 Å². The lowest BCUT2D eigenvalue weighted by Crippen LogP contribution is -2.19. The maximum atomic E-state index is 11.1. The van der Waals surface area contributed by atoms with Gasteiger partial charge in [0.1, 0.15) is 0 Å². The lowest BCUT2D eigenvalue weighted by atomic mass is 9.95. The Morgan fingerprint density at radius 3 is 2.19 bits per heavy atom. The maximum Gasteiger partial charge on any atom is 0.151 e. The van der Waals surface area contributed by atoms with Crippen molar-refractivity contribution in [2.75, 3.05) is 12.8 Å². The van der Waals surface area contributed by atoms with Gasteiger partial charge < -0.3 is 5.73 Å². The van der Waals surface area contributed by atoms with Gasteiger partial charge in [0.2, 0.25) is 0 Å². The van der Waals surface area contributed by atoms with E-state index in [0.717, 1.165) is 18.4 Å².